The number of aryl methyl sites for hydroxylation is 2. The summed E-state index contributed by atoms with van der Waals surface area (Å²) < 4.78 is 41.9. The van der Waals surface area contributed by atoms with Crippen LogP contribution >= 0.6 is 0 Å². The normalized spacial score (nSPS) is 19.4. The minimum atomic E-state index is -2.81. The number of halogens is 2. The molecule has 0 aliphatic carbocycles. The Labute approximate surface area is 187 Å². The number of hydrogen-bond donors (Lipinski definition) is 0. The first-order chi connectivity index (χ1) is 15.8. The Morgan fingerprint density at radius 3 is 2.79 bits per heavy atom. The molecule has 0 bridgehead atoms. The molecule has 1 atom stereocenters. The Morgan fingerprint density at radius 1 is 1.27 bits per heavy atom. The zero-order valence-corrected chi connectivity index (χ0v) is 18.2. The first-order valence-corrected chi connectivity index (χ1v) is 10.6. The van der Waals surface area contributed by atoms with Gasteiger partial charge in [0.25, 0.3) is 5.56 Å². The van der Waals surface area contributed by atoms with Crippen LogP contribution in [0.15, 0.2) is 39.9 Å². The predicted molar refractivity (Wildman–Crippen MR) is 113 cm³/mol. The van der Waals surface area contributed by atoms with Crippen molar-refractivity contribution >= 4 is 5.69 Å². The van der Waals surface area contributed by atoms with Crippen molar-refractivity contribution in [1.82, 2.24) is 19.9 Å². The van der Waals surface area contributed by atoms with Crippen LogP contribution in [-0.2, 0) is 16.0 Å². The predicted octanol–water partition coefficient (Wildman–Crippen LogP) is 2.55. The summed E-state index contributed by atoms with van der Waals surface area (Å²) in [6.07, 6.45) is 3.13. The second kappa shape index (κ2) is 8.31. The number of ether oxygens (including phenoxy) is 2. The van der Waals surface area contributed by atoms with Crippen LogP contribution in [0.1, 0.15) is 23.4 Å². The quantitative estimate of drug-likeness (QED) is 0.555. The fourth-order valence-electron chi connectivity index (χ4n) is 4.37. The van der Waals surface area contributed by atoms with Gasteiger partial charge >= 0.3 is 6.61 Å². The summed E-state index contributed by atoms with van der Waals surface area (Å²) >= 11 is 0. The summed E-state index contributed by atoms with van der Waals surface area (Å²) in [5.41, 5.74) is 2.96. The maximum atomic E-state index is 12.8. The van der Waals surface area contributed by atoms with E-state index in [1.165, 1.54) is 10.7 Å². The molecule has 3 aromatic rings. The highest BCUT2D eigenvalue weighted by Gasteiger charge is 2.50. The van der Waals surface area contributed by atoms with Gasteiger partial charge in [-0.1, -0.05) is 5.16 Å². The zero-order chi connectivity index (χ0) is 23.2. The fourth-order valence-corrected chi connectivity index (χ4v) is 4.37. The molecule has 33 heavy (non-hydrogen) atoms. The lowest BCUT2D eigenvalue weighted by Crippen LogP contribution is -2.62. The van der Waals surface area contributed by atoms with Crippen LogP contribution in [0.5, 0.6) is 0 Å². The number of rotatable bonds is 6. The summed E-state index contributed by atoms with van der Waals surface area (Å²) in [7, 11) is 0. The van der Waals surface area contributed by atoms with E-state index >= 15 is 0 Å². The van der Waals surface area contributed by atoms with Crippen molar-refractivity contribution in [2.24, 2.45) is 0 Å². The third-order valence-electron chi connectivity index (χ3n) is 6.13. The Balaban J connectivity index is 1.28. The van der Waals surface area contributed by atoms with Crippen molar-refractivity contribution in [1.29, 1.82) is 0 Å². The minimum Gasteiger partial charge on any atom is -0.368 e. The van der Waals surface area contributed by atoms with Crippen LogP contribution < -0.4 is 10.5 Å². The third kappa shape index (κ3) is 4.25. The zero-order valence-electron chi connectivity index (χ0n) is 18.2. The van der Waals surface area contributed by atoms with E-state index < -0.39 is 18.3 Å². The van der Waals surface area contributed by atoms with Crippen molar-refractivity contribution < 1.29 is 22.8 Å². The van der Waals surface area contributed by atoms with Crippen molar-refractivity contribution in [3.63, 3.8) is 0 Å². The molecule has 2 saturated heterocycles. The van der Waals surface area contributed by atoms with Gasteiger partial charge in [-0.2, -0.15) is 13.9 Å². The maximum Gasteiger partial charge on any atom is 0.345 e. The van der Waals surface area contributed by atoms with Crippen molar-refractivity contribution in [3.05, 3.63) is 58.0 Å². The fraction of sp³-hybridized carbons (Fsp3) is 0.455. The largest absolute Gasteiger partial charge is 0.368 e. The highest BCUT2D eigenvalue weighted by atomic mass is 19.3. The highest BCUT2D eigenvalue weighted by Crippen LogP contribution is 2.38. The summed E-state index contributed by atoms with van der Waals surface area (Å²) in [6, 6.07) is 5.31. The van der Waals surface area contributed by atoms with Crippen LogP contribution in [0.3, 0.4) is 0 Å². The van der Waals surface area contributed by atoms with E-state index in [1.807, 2.05) is 24.0 Å². The van der Waals surface area contributed by atoms with Gasteiger partial charge in [0.2, 0.25) is 0 Å². The molecule has 5 rings (SSSR count). The van der Waals surface area contributed by atoms with E-state index in [9.17, 15) is 13.6 Å². The first-order valence-electron chi connectivity index (χ1n) is 10.6. The molecule has 2 aliphatic rings. The van der Waals surface area contributed by atoms with Crippen LogP contribution in [0.25, 0.3) is 11.3 Å². The molecule has 174 valence electrons. The Bertz CT molecular complexity index is 1200. The summed E-state index contributed by atoms with van der Waals surface area (Å²) in [6.45, 7) is 2.23. The molecule has 5 heterocycles. The lowest BCUT2D eigenvalue weighted by Gasteiger charge is -2.48. The first kappa shape index (κ1) is 21.7. The molecule has 0 N–H and O–H groups in total. The van der Waals surface area contributed by atoms with Crippen LogP contribution in [-0.4, -0.2) is 57.9 Å². The molecule has 2 fully saturated rings. The summed E-state index contributed by atoms with van der Waals surface area (Å²) in [5, 5.41) is 8.46. The van der Waals surface area contributed by atoms with E-state index in [-0.39, 0.29) is 18.7 Å². The lowest BCUT2D eigenvalue weighted by atomic mass is 9.90. The number of alkyl halides is 2. The highest BCUT2D eigenvalue weighted by molar-refractivity contribution is 5.62. The summed E-state index contributed by atoms with van der Waals surface area (Å²) in [5.74, 6) is 0.604. The molecule has 0 amide bonds. The Morgan fingerprint density at radius 2 is 2.09 bits per heavy atom. The molecule has 0 unspecified atom stereocenters. The van der Waals surface area contributed by atoms with Gasteiger partial charge in [0, 0.05) is 48.6 Å². The Hall–Kier alpha value is -3.18. The van der Waals surface area contributed by atoms with Gasteiger partial charge in [-0.15, -0.1) is 0 Å². The van der Waals surface area contributed by atoms with Crippen molar-refractivity contribution in [2.45, 2.75) is 45.1 Å². The standard InChI is InChI=1S/C22H23F2N5O4/c1-13-3-4-15(7-25-13)20-18(14(2)33-27-20)9-29-19(30)5-16(8-26-29)28-11-22(12-28)6-17(10-31-22)32-21(23)24/h3-5,7-8,17,21H,6,9-12H2,1-2H3/t17-/m1/s1. The molecule has 1 spiro atoms. The van der Waals surface area contributed by atoms with E-state index in [2.05, 4.69) is 20.0 Å². The third-order valence-corrected chi connectivity index (χ3v) is 6.13. The number of hydrogen-bond acceptors (Lipinski definition) is 8. The SMILES string of the molecule is Cc1ccc(-c2noc(C)c2Cn2ncc(N3CC4(C[C@@H](OC(F)F)CO4)C3)cc2=O)cn1. The molecule has 3 aromatic heterocycles. The molecule has 11 heteroatoms. The molecule has 9 nitrogen and oxygen atoms in total. The number of aromatic nitrogens is 4. The van der Waals surface area contributed by atoms with E-state index in [4.69, 9.17) is 9.26 Å². The Kier molecular flexibility index (Phi) is 5.45. The van der Waals surface area contributed by atoms with E-state index in [1.54, 1.807) is 19.3 Å². The van der Waals surface area contributed by atoms with Gasteiger partial charge in [-0.3, -0.25) is 9.78 Å². The van der Waals surface area contributed by atoms with Crippen LogP contribution in [0.4, 0.5) is 14.5 Å². The van der Waals surface area contributed by atoms with Gasteiger partial charge in [0.1, 0.15) is 17.1 Å². The van der Waals surface area contributed by atoms with Crippen molar-refractivity contribution in [3.8, 4) is 11.3 Å². The molecule has 0 radical (unpaired) electrons. The van der Waals surface area contributed by atoms with Gasteiger partial charge in [-0.05, 0) is 26.0 Å². The second-order valence-corrected chi connectivity index (χ2v) is 8.54. The van der Waals surface area contributed by atoms with Gasteiger partial charge in [-0.25, -0.2) is 4.68 Å². The summed E-state index contributed by atoms with van der Waals surface area (Å²) in [4.78, 5) is 19.0. The van der Waals surface area contributed by atoms with Crippen LogP contribution in [0, 0.1) is 13.8 Å². The van der Waals surface area contributed by atoms with Gasteiger partial charge in [0.05, 0.1) is 31.1 Å². The maximum absolute atomic E-state index is 12.8. The average molecular weight is 459 g/mol. The molecular weight excluding hydrogens is 436 g/mol. The van der Waals surface area contributed by atoms with E-state index in [0.717, 1.165) is 16.8 Å². The molecule has 0 saturated carbocycles. The topological polar surface area (TPSA) is 95.5 Å². The van der Waals surface area contributed by atoms with Gasteiger partial charge < -0.3 is 18.9 Å². The second-order valence-electron chi connectivity index (χ2n) is 8.54. The monoisotopic (exact) mass is 459 g/mol. The van der Waals surface area contributed by atoms with E-state index in [0.29, 0.717) is 36.7 Å². The minimum absolute atomic E-state index is 0.148. The number of pyridine rings is 1. The molecule has 0 aromatic carbocycles. The van der Waals surface area contributed by atoms with Crippen LogP contribution in [0.2, 0.25) is 0 Å². The molecular formula is C22H23F2N5O4. The number of nitrogens with zero attached hydrogens (tertiary/aromatic N) is 5. The van der Waals surface area contributed by atoms with Crippen molar-refractivity contribution in [2.75, 3.05) is 24.6 Å². The average Bonchev–Trinajstić information content (AvgIpc) is 3.33. The number of anilines is 1. The molecule has 2 aliphatic heterocycles. The lowest BCUT2D eigenvalue weighted by molar-refractivity contribution is -0.161. The van der Waals surface area contributed by atoms with Gasteiger partial charge in [0.15, 0.2) is 0 Å². The smallest absolute Gasteiger partial charge is 0.345 e.